The molecule has 0 aromatic heterocycles. The number of halogens is 1. The van der Waals surface area contributed by atoms with Crippen molar-refractivity contribution < 1.29 is 17.6 Å². The molecular weight excluding hydrogens is 333 g/mol. The largest absolute Gasteiger partial charge is 0.336 e. The Balaban J connectivity index is 1.68. The summed E-state index contributed by atoms with van der Waals surface area (Å²) in [4.78, 5) is 13.8. The molecule has 1 N–H and O–H groups in total. The maximum Gasteiger partial charge on any atom is 0.236 e. The van der Waals surface area contributed by atoms with Crippen LogP contribution >= 0.6 is 0 Å². The minimum absolute atomic E-state index is 0.0315. The van der Waals surface area contributed by atoms with Crippen LogP contribution in [-0.2, 0) is 20.6 Å². The molecule has 6 nitrogen and oxygen atoms in total. The third-order valence-corrected chi connectivity index (χ3v) is 6.40. The van der Waals surface area contributed by atoms with Gasteiger partial charge >= 0.3 is 0 Å². The molecular formula is C16H22FN3O3S. The Morgan fingerprint density at radius 2 is 1.96 bits per heavy atom. The van der Waals surface area contributed by atoms with Crippen LogP contribution < -0.4 is 5.32 Å². The van der Waals surface area contributed by atoms with E-state index in [4.69, 9.17) is 0 Å². The molecule has 1 aromatic rings. The predicted octanol–water partition coefficient (Wildman–Crippen LogP) is 0.552. The molecule has 2 aliphatic rings. The molecule has 2 saturated heterocycles. The topological polar surface area (TPSA) is 69.7 Å². The fourth-order valence-corrected chi connectivity index (χ4v) is 4.92. The van der Waals surface area contributed by atoms with Crippen LogP contribution in [-0.4, -0.2) is 62.3 Å². The third-order valence-electron chi connectivity index (χ3n) is 4.58. The Morgan fingerprint density at radius 3 is 2.67 bits per heavy atom. The highest BCUT2D eigenvalue weighted by atomic mass is 32.2. The molecule has 2 heterocycles. The van der Waals surface area contributed by atoms with E-state index in [2.05, 4.69) is 5.32 Å². The molecule has 1 amide bonds. The maximum atomic E-state index is 13.0. The van der Waals surface area contributed by atoms with Gasteiger partial charge in [0.1, 0.15) is 5.82 Å². The zero-order valence-electron chi connectivity index (χ0n) is 13.4. The first-order valence-electron chi connectivity index (χ1n) is 8.18. The molecule has 0 aliphatic carbocycles. The van der Waals surface area contributed by atoms with Crippen molar-refractivity contribution in [3.8, 4) is 0 Å². The molecule has 8 heteroatoms. The van der Waals surface area contributed by atoms with Crippen molar-refractivity contribution in [2.24, 2.45) is 0 Å². The molecule has 1 atom stereocenters. The number of benzene rings is 1. The lowest BCUT2D eigenvalue weighted by molar-refractivity contribution is -0.135. The van der Waals surface area contributed by atoms with Crippen molar-refractivity contribution in [1.82, 2.24) is 14.5 Å². The molecule has 0 radical (unpaired) electrons. The predicted molar refractivity (Wildman–Crippen MR) is 88.2 cm³/mol. The molecule has 3 rings (SSSR count). The fourth-order valence-electron chi connectivity index (χ4n) is 3.32. The van der Waals surface area contributed by atoms with Gasteiger partial charge in [-0.05, 0) is 30.5 Å². The van der Waals surface area contributed by atoms with Crippen LogP contribution in [0.1, 0.15) is 18.4 Å². The van der Waals surface area contributed by atoms with Crippen molar-refractivity contribution in [3.63, 3.8) is 0 Å². The average Bonchev–Trinajstić information content (AvgIpc) is 2.57. The number of nitrogens with one attached hydrogen (secondary N) is 1. The first-order valence-corrected chi connectivity index (χ1v) is 9.79. The van der Waals surface area contributed by atoms with Crippen molar-refractivity contribution in [1.29, 1.82) is 0 Å². The summed E-state index contributed by atoms with van der Waals surface area (Å²) < 4.78 is 39.8. The van der Waals surface area contributed by atoms with E-state index in [9.17, 15) is 17.6 Å². The highest BCUT2D eigenvalue weighted by molar-refractivity contribution is 7.88. The van der Waals surface area contributed by atoms with E-state index in [0.29, 0.717) is 31.7 Å². The highest BCUT2D eigenvalue weighted by Crippen LogP contribution is 2.21. The molecule has 1 unspecified atom stereocenters. The quantitative estimate of drug-likeness (QED) is 0.856. The number of nitrogens with zero attached hydrogens (tertiary/aromatic N) is 2. The number of piperidine rings is 1. The van der Waals surface area contributed by atoms with Gasteiger partial charge in [-0.2, -0.15) is 4.31 Å². The number of piperazine rings is 1. The van der Waals surface area contributed by atoms with Crippen molar-refractivity contribution >= 4 is 15.9 Å². The summed E-state index contributed by atoms with van der Waals surface area (Å²) in [6, 6.07) is 5.46. The highest BCUT2D eigenvalue weighted by Gasteiger charge is 2.34. The van der Waals surface area contributed by atoms with Gasteiger partial charge in [-0.15, -0.1) is 0 Å². The molecule has 2 fully saturated rings. The molecule has 0 spiro atoms. The van der Waals surface area contributed by atoms with Crippen LogP contribution in [0.25, 0.3) is 0 Å². The van der Waals surface area contributed by atoms with E-state index in [1.165, 1.54) is 28.6 Å². The monoisotopic (exact) mass is 355 g/mol. The van der Waals surface area contributed by atoms with E-state index in [1.54, 1.807) is 4.90 Å². The van der Waals surface area contributed by atoms with E-state index in [-0.39, 0.29) is 23.5 Å². The zero-order valence-corrected chi connectivity index (χ0v) is 14.3. The summed E-state index contributed by atoms with van der Waals surface area (Å²) in [6.07, 6.45) is 1.57. The number of hydrogen-bond acceptors (Lipinski definition) is 4. The van der Waals surface area contributed by atoms with Gasteiger partial charge in [0, 0.05) is 32.2 Å². The fraction of sp³-hybridized carbons (Fsp3) is 0.562. The van der Waals surface area contributed by atoms with E-state index < -0.39 is 10.0 Å². The summed E-state index contributed by atoms with van der Waals surface area (Å²) in [5.74, 6) is -0.495. The molecule has 0 bridgehead atoms. The van der Waals surface area contributed by atoms with Gasteiger partial charge in [-0.25, -0.2) is 12.8 Å². The Labute approximate surface area is 141 Å². The van der Waals surface area contributed by atoms with Crippen molar-refractivity contribution in [2.75, 3.05) is 32.7 Å². The van der Waals surface area contributed by atoms with Gasteiger partial charge in [0.2, 0.25) is 15.9 Å². The Hall–Kier alpha value is -1.51. The Morgan fingerprint density at radius 1 is 1.21 bits per heavy atom. The van der Waals surface area contributed by atoms with E-state index in [1.807, 2.05) is 0 Å². The van der Waals surface area contributed by atoms with Crippen LogP contribution in [0, 0.1) is 5.82 Å². The summed E-state index contributed by atoms with van der Waals surface area (Å²) in [6.45, 7) is 2.49. The average molecular weight is 355 g/mol. The summed E-state index contributed by atoms with van der Waals surface area (Å²) in [5.41, 5.74) is 0.566. The minimum Gasteiger partial charge on any atom is -0.336 e. The van der Waals surface area contributed by atoms with Gasteiger partial charge in [0.05, 0.1) is 12.3 Å². The van der Waals surface area contributed by atoms with Crippen molar-refractivity contribution in [3.05, 3.63) is 35.6 Å². The number of sulfonamides is 1. The van der Waals surface area contributed by atoms with Gasteiger partial charge in [0.15, 0.2) is 0 Å². The van der Waals surface area contributed by atoms with E-state index in [0.717, 1.165) is 19.4 Å². The lowest BCUT2D eigenvalue weighted by Crippen LogP contribution is -2.57. The standard InChI is InChI=1S/C16H22FN3O3S/c17-14-5-3-13(4-6-14)12-24(22,23)19-8-1-2-15(11-19)20-9-7-18-10-16(20)21/h3-6,15,18H,1-2,7-12H2. The summed E-state index contributed by atoms with van der Waals surface area (Å²) in [7, 11) is -3.48. The van der Waals surface area contributed by atoms with Crippen LogP contribution in [0.5, 0.6) is 0 Å². The van der Waals surface area contributed by atoms with Crippen molar-refractivity contribution in [2.45, 2.75) is 24.6 Å². The zero-order chi connectivity index (χ0) is 17.2. The number of carbonyl (C=O) groups is 1. The lowest BCUT2D eigenvalue weighted by atomic mass is 10.1. The van der Waals surface area contributed by atoms with Crippen LogP contribution in [0.3, 0.4) is 0 Å². The normalized spacial score (nSPS) is 23.5. The maximum absolute atomic E-state index is 13.0. The second kappa shape index (κ2) is 7.16. The number of rotatable bonds is 4. The summed E-state index contributed by atoms with van der Waals surface area (Å²) in [5, 5.41) is 3.03. The number of hydrogen-bond donors (Lipinski definition) is 1. The molecule has 132 valence electrons. The van der Waals surface area contributed by atoms with Gasteiger partial charge in [-0.1, -0.05) is 12.1 Å². The van der Waals surface area contributed by atoms with Gasteiger partial charge < -0.3 is 10.2 Å². The van der Waals surface area contributed by atoms with Crippen LogP contribution in [0.4, 0.5) is 4.39 Å². The molecule has 24 heavy (non-hydrogen) atoms. The molecule has 0 saturated carbocycles. The third kappa shape index (κ3) is 3.93. The second-order valence-corrected chi connectivity index (χ2v) is 8.27. The van der Waals surface area contributed by atoms with Crippen LogP contribution in [0.2, 0.25) is 0 Å². The first-order chi connectivity index (χ1) is 11.5. The first kappa shape index (κ1) is 17.3. The smallest absolute Gasteiger partial charge is 0.236 e. The van der Waals surface area contributed by atoms with Gasteiger partial charge in [0.25, 0.3) is 0 Å². The number of amides is 1. The Kier molecular flexibility index (Phi) is 5.17. The van der Waals surface area contributed by atoms with Crippen LogP contribution in [0.15, 0.2) is 24.3 Å². The molecule has 2 aliphatic heterocycles. The molecule has 1 aromatic carbocycles. The number of carbonyl (C=O) groups excluding carboxylic acids is 1. The minimum atomic E-state index is -3.48. The summed E-state index contributed by atoms with van der Waals surface area (Å²) >= 11 is 0. The lowest BCUT2D eigenvalue weighted by Gasteiger charge is -2.40. The Bertz CT molecular complexity index is 693. The van der Waals surface area contributed by atoms with Gasteiger partial charge in [-0.3, -0.25) is 4.79 Å². The second-order valence-electron chi connectivity index (χ2n) is 6.30. The van der Waals surface area contributed by atoms with E-state index >= 15 is 0 Å². The SMILES string of the molecule is O=C1CNCCN1C1CCCN(S(=O)(=O)Cc2ccc(F)cc2)C1.